The van der Waals surface area contributed by atoms with Gasteiger partial charge in [0.05, 0.1) is 12.8 Å². The average Bonchev–Trinajstić information content (AvgIpc) is 2.78. The average molecular weight is 315 g/mol. The highest BCUT2D eigenvalue weighted by Crippen LogP contribution is 2.33. The SMILES string of the molecule is CCOc1ccc(/C=N\N2C(=O)NC3(CCCCC3)C2=O)cc1. The number of nitrogens with zero attached hydrogens (tertiary/aromatic N) is 2. The van der Waals surface area contributed by atoms with Gasteiger partial charge < -0.3 is 10.1 Å². The molecule has 2 aliphatic rings. The number of ether oxygens (including phenoxy) is 1. The molecular formula is C17H21N3O3. The monoisotopic (exact) mass is 315 g/mol. The topological polar surface area (TPSA) is 71.0 Å². The number of carbonyl (C=O) groups is 2. The Kier molecular flexibility index (Phi) is 4.32. The van der Waals surface area contributed by atoms with Crippen LogP contribution in [0.25, 0.3) is 0 Å². The predicted molar refractivity (Wildman–Crippen MR) is 86.4 cm³/mol. The van der Waals surface area contributed by atoms with Crippen LogP contribution in [-0.2, 0) is 4.79 Å². The van der Waals surface area contributed by atoms with Gasteiger partial charge in [-0.15, -0.1) is 5.01 Å². The molecule has 1 spiro atoms. The van der Waals surface area contributed by atoms with Gasteiger partial charge in [-0.1, -0.05) is 19.3 Å². The number of benzene rings is 1. The van der Waals surface area contributed by atoms with Crippen LogP contribution < -0.4 is 10.1 Å². The maximum Gasteiger partial charge on any atom is 0.346 e. The molecule has 0 unspecified atom stereocenters. The van der Waals surface area contributed by atoms with E-state index in [1.807, 2.05) is 31.2 Å². The van der Waals surface area contributed by atoms with E-state index in [4.69, 9.17) is 4.74 Å². The first kappa shape index (κ1) is 15.5. The molecule has 2 fully saturated rings. The number of hydrazone groups is 1. The highest BCUT2D eigenvalue weighted by atomic mass is 16.5. The Morgan fingerprint density at radius 1 is 1.22 bits per heavy atom. The normalized spacial score (nSPS) is 20.3. The summed E-state index contributed by atoms with van der Waals surface area (Å²) in [4.78, 5) is 24.6. The summed E-state index contributed by atoms with van der Waals surface area (Å²) in [6.45, 7) is 2.53. The molecule has 3 rings (SSSR count). The van der Waals surface area contributed by atoms with Crippen molar-refractivity contribution in [1.29, 1.82) is 0 Å². The predicted octanol–water partition coefficient (Wildman–Crippen LogP) is 2.67. The molecule has 1 aromatic carbocycles. The lowest BCUT2D eigenvalue weighted by molar-refractivity contribution is -0.132. The Bertz CT molecular complexity index is 618. The van der Waals surface area contributed by atoms with Gasteiger partial charge in [0.25, 0.3) is 5.91 Å². The summed E-state index contributed by atoms with van der Waals surface area (Å²) >= 11 is 0. The van der Waals surface area contributed by atoms with E-state index < -0.39 is 11.6 Å². The molecule has 0 aromatic heterocycles. The quantitative estimate of drug-likeness (QED) is 0.686. The molecule has 0 atom stereocenters. The van der Waals surface area contributed by atoms with E-state index in [0.717, 1.165) is 35.6 Å². The van der Waals surface area contributed by atoms with Gasteiger partial charge in [0, 0.05) is 0 Å². The fraction of sp³-hybridized carbons (Fsp3) is 0.471. The fourth-order valence-corrected chi connectivity index (χ4v) is 3.15. The number of amides is 3. The van der Waals surface area contributed by atoms with Gasteiger partial charge in [-0.2, -0.15) is 5.10 Å². The molecule has 122 valence electrons. The van der Waals surface area contributed by atoms with Crippen molar-refractivity contribution in [3.05, 3.63) is 29.8 Å². The molecule has 0 radical (unpaired) electrons. The molecule has 1 aliphatic heterocycles. The zero-order chi connectivity index (χ0) is 16.3. The van der Waals surface area contributed by atoms with Crippen molar-refractivity contribution >= 4 is 18.2 Å². The first-order valence-electron chi connectivity index (χ1n) is 8.08. The van der Waals surface area contributed by atoms with Crippen LogP contribution in [-0.4, -0.2) is 35.3 Å². The number of rotatable bonds is 4. The van der Waals surface area contributed by atoms with Gasteiger partial charge in [-0.05, 0) is 49.6 Å². The van der Waals surface area contributed by atoms with Crippen LogP contribution in [0.1, 0.15) is 44.6 Å². The molecule has 1 saturated heterocycles. The second-order valence-corrected chi connectivity index (χ2v) is 5.94. The Balaban J connectivity index is 1.71. The number of nitrogens with one attached hydrogen (secondary N) is 1. The van der Waals surface area contributed by atoms with Crippen LogP contribution in [0.5, 0.6) is 5.75 Å². The van der Waals surface area contributed by atoms with Crippen molar-refractivity contribution in [3.8, 4) is 5.75 Å². The Hall–Kier alpha value is -2.37. The minimum atomic E-state index is -0.731. The second-order valence-electron chi connectivity index (χ2n) is 5.94. The van der Waals surface area contributed by atoms with Crippen LogP contribution in [0.3, 0.4) is 0 Å². The third kappa shape index (κ3) is 3.06. The van der Waals surface area contributed by atoms with Crippen molar-refractivity contribution < 1.29 is 14.3 Å². The van der Waals surface area contributed by atoms with Gasteiger partial charge in [0.15, 0.2) is 0 Å². The fourth-order valence-electron chi connectivity index (χ4n) is 3.15. The summed E-state index contributed by atoms with van der Waals surface area (Å²) in [5.41, 5.74) is 0.0736. The summed E-state index contributed by atoms with van der Waals surface area (Å²) in [6, 6.07) is 6.91. The Morgan fingerprint density at radius 2 is 1.91 bits per heavy atom. The van der Waals surface area contributed by atoms with E-state index in [0.29, 0.717) is 19.4 Å². The molecule has 3 amide bonds. The minimum Gasteiger partial charge on any atom is -0.494 e. The molecule has 1 aromatic rings. The summed E-state index contributed by atoms with van der Waals surface area (Å²) in [5.74, 6) is 0.546. The highest BCUT2D eigenvalue weighted by molar-refractivity contribution is 6.07. The van der Waals surface area contributed by atoms with Gasteiger partial charge in [0.1, 0.15) is 11.3 Å². The lowest BCUT2D eigenvalue weighted by Gasteiger charge is -2.29. The lowest BCUT2D eigenvalue weighted by Crippen LogP contribution is -2.48. The zero-order valence-corrected chi connectivity index (χ0v) is 13.2. The number of hydrogen-bond acceptors (Lipinski definition) is 4. The number of imide groups is 1. The van der Waals surface area contributed by atoms with Crippen molar-refractivity contribution in [1.82, 2.24) is 10.3 Å². The molecule has 6 nitrogen and oxygen atoms in total. The van der Waals surface area contributed by atoms with E-state index in [2.05, 4.69) is 10.4 Å². The van der Waals surface area contributed by atoms with Crippen LogP contribution in [0, 0.1) is 0 Å². The standard InChI is InChI=1S/C17H21N3O3/c1-2-23-14-8-6-13(7-9-14)12-18-20-15(21)17(19-16(20)22)10-4-3-5-11-17/h6-9,12H,2-5,10-11H2,1H3,(H,19,22)/b18-12-. The van der Waals surface area contributed by atoms with Gasteiger partial charge in [-0.3, -0.25) is 4.79 Å². The van der Waals surface area contributed by atoms with Crippen molar-refractivity contribution in [2.24, 2.45) is 5.10 Å². The van der Waals surface area contributed by atoms with Crippen LogP contribution in [0.15, 0.2) is 29.4 Å². The molecule has 1 saturated carbocycles. The van der Waals surface area contributed by atoms with Gasteiger partial charge in [-0.25, -0.2) is 4.79 Å². The maximum atomic E-state index is 12.6. The second kappa shape index (κ2) is 6.40. The van der Waals surface area contributed by atoms with Crippen LogP contribution in [0.4, 0.5) is 4.79 Å². The van der Waals surface area contributed by atoms with Gasteiger partial charge in [0.2, 0.25) is 0 Å². The smallest absolute Gasteiger partial charge is 0.346 e. The number of hydrogen-bond donors (Lipinski definition) is 1. The van der Waals surface area contributed by atoms with Crippen molar-refractivity contribution in [2.45, 2.75) is 44.6 Å². The van der Waals surface area contributed by atoms with E-state index in [1.54, 1.807) is 0 Å². The molecule has 23 heavy (non-hydrogen) atoms. The molecule has 1 heterocycles. The summed E-state index contributed by atoms with van der Waals surface area (Å²) in [5, 5.41) is 7.88. The first-order chi connectivity index (χ1) is 11.1. The summed E-state index contributed by atoms with van der Waals surface area (Å²) in [6.07, 6.45) is 5.96. The minimum absolute atomic E-state index is 0.232. The van der Waals surface area contributed by atoms with Crippen molar-refractivity contribution in [2.75, 3.05) is 6.61 Å². The lowest BCUT2D eigenvalue weighted by atomic mass is 9.82. The van der Waals surface area contributed by atoms with Crippen LogP contribution >= 0.6 is 0 Å². The third-order valence-corrected chi connectivity index (χ3v) is 4.36. The Morgan fingerprint density at radius 3 is 2.57 bits per heavy atom. The summed E-state index contributed by atoms with van der Waals surface area (Å²) in [7, 11) is 0. The zero-order valence-electron chi connectivity index (χ0n) is 13.2. The van der Waals surface area contributed by atoms with Gasteiger partial charge >= 0.3 is 6.03 Å². The largest absolute Gasteiger partial charge is 0.494 e. The van der Waals surface area contributed by atoms with E-state index in [1.165, 1.54) is 6.21 Å². The number of urea groups is 1. The van der Waals surface area contributed by atoms with Crippen LogP contribution in [0.2, 0.25) is 0 Å². The van der Waals surface area contributed by atoms with E-state index in [9.17, 15) is 9.59 Å². The van der Waals surface area contributed by atoms with Crippen molar-refractivity contribution in [3.63, 3.8) is 0 Å². The molecule has 1 N–H and O–H groups in total. The highest BCUT2D eigenvalue weighted by Gasteiger charge is 2.51. The molecule has 0 bridgehead atoms. The third-order valence-electron chi connectivity index (χ3n) is 4.36. The number of carbonyl (C=O) groups excluding carboxylic acids is 2. The molecule has 6 heteroatoms. The Labute approximate surface area is 135 Å². The van der Waals surface area contributed by atoms with E-state index in [-0.39, 0.29) is 5.91 Å². The molecule has 1 aliphatic carbocycles. The molecular weight excluding hydrogens is 294 g/mol. The summed E-state index contributed by atoms with van der Waals surface area (Å²) < 4.78 is 5.37. The first-order valence-corrected chi connectivity index (χ1v) is 8.08. The maximum absolute atomic E-state index is 12.6. The van der Waals surface area contributed by atoms with E-state index >= 15 is 0 Å².